The highest BCUT2D eigenvalue weighted by Gasteiger charge is 2.16. The zero-order valence-corrected chi connectivity index (χ0v) is 12.5. The Morgan fingerprint density at radius 3 is 2.67 bits per heavy atom. The average molecular weight is 350 g/mol. The lowest BCUT2D eigenvalue weighted by Crippen LogP contribution is -2.12. The molecular weight excluding hydrogens is 338 g/mol. The van der Waals surface area contributed by atoms with Crippen molar-refractivity contribution >= 4 is 33.2 Å². The van der Waals surface area contributed by atoms with Crippen LogP contribution in [-0.4, -0.2) is 10.8 Å². The largest absolute Gasteiger partial charge is 0.381 e. The van der Waals surface area contributed by atoms with Crippen LogP contribution in [0.5, 0.6) is 0 Å². The number of carbonyl (C=O) groups is 1. The quantitative estimate of drug-likeness (QED) is 0.640. The Labute approximate surface area is 129 Å². The Hall–Kier alpha value is -2.41. The highest BCUT2D eigenvalue weighted by molar-refractivity contribution is 9.10. The number of nitrogens with two attached hydrogens (primary N) is 1. The van der Waals surface area contributed by atoms with Crippen molar-refractivity contribution in [2.24, 2.45) is 5.73 Å². The molecule has 0 aliphatic heterocycles. The molecule has 2 aromatic rings. The molecule has 2 rings (SSSR count). The SMILES string of the molecule is NC(=O)c1ccc(CNc2cccc(Br)c2)c([N+](=O)[O-])c1. The van der Waals surface area contributed by atoms with Gasteiger partial charge in [0.05, 0.1) is 4.92 Å². The van der Waals surface area contributed by atoms with E-state index in [1.807, 2.05) is 24.3 Å². The minimum Gasteiger partial charge on any atom is -0.381 e. The summed E-state index contributed by atoms with van der Waals surface area (Å²) in [4.78, 5) is 21.6. The molecule has 108 valence electrons. The van der Waals surface area contributed by atoms with Crippen molar-refractivity contribution in [3.63, 3.8) is 0 Å². The lowest BCUT2D eigenvalue weighted by Gasteiger charge is -2.08. The second-order valence-corrected chi connectivity index (χ2v) is 5.24. The second kappa shape index (κ2) is 6.36. The summed E-state index contributed by atoms with van der Waals surface area (Å²) < 4.78 is 0.908. The fraction of sp³-hybridized carbons (Fsp3) is 0.0714. The molecule has 0 aliphatic rings. The minimum absolute atomic E-state index is 0.118. The zero-order chi connectivity index (χ0) is 15.4. The summed E-state index contributed by atoms with van der Waals surface area (Å²) in [6.07, 6.45) is 0. The van der Waals surface area contributed by atoms with Crippen molar-refractivity contribution in [1.82, 2.24) is 0 Å². The van der Waals surface area contributed by atoms with Gasteiger partial charge in [-0.05, 0) is 30.3 Å². The summed E-state index contributed by atoms with van der Waals surface area (Å²) in [5.41, 5.74) is 6.43. The van der Waals surface area contributed by atoms with Gasteiger partial charge in [-0.15, -0.1) is 0 Å². The normalized spacial score (nSPS) is 10.1. The smallest absolute Gasteiger partial charge is 0.275 e. The van der Waals surface area contributed by atoms with Gasteiger partial charge >= 0.3 is 0 Å². The van der Waals surface area contributed by atoms with Gasteiger partial charge < -0.3 is 11.1 Å². The van der Waals surface area contributed by atoms with Gasteiger partial charge in [-0.25, -0.2) is 0 Å². The van der Waals surface area contributed by atoms with E-state index in [4.69, 9.17) is 5.73 Å². The predicted octanol–water partition coefficient (Wildman–Crippen LogP) is 3.07. The third-order valence-electron chi connectivity index (χ3n) is 2.87. The first-order valence-corrected chi connectivity index (χ1v) is 6.83. The lowest BCUT2D eigenvalue weighted by atomic mass is 10.1. The molecule has 3 N–H and O–H groups in total. The first kappa shape index (κ1) is 15.0. The maximum atomic E-state index is 11.1. The summed E-state index contributed by atoms with van der Waals surface area (Å²) in [5.74, 6) is -0.690. The molecule has 7 heteroatoms. The van der Waals surface area contributed by atoms with Crippen LogP contribution in [0.1, 0.15) is 15.9 Å². The van der Waals surface area contributed by atoms with Gasteiger partial charge in [0.25, 0.3) is 5.69 Å². The topological polar surface area (TPSA) is 98.3 Å². The summed E-state index contributed by atoms with van der Waals surface area (Å²) >= 11 is 3.35. The highest BCUT2D eigenvalue weighted by atomic mass is 79.9. The molecule has 0 spiro atoms. The molecule has 0 bridgehead atoms. The number of hydrogen-bond acceptors (Lipinski definition) is 4. The molecule has 0 heterocycles. The van der Waals surface area contributed by atoms with Crippen LogP contribution in [-0.2, 0) is 6.54 Å². The monoisotopic (exact) mass is 349 g/mol. The maximum Gasteiger partial charge on any atom is 0.275 e. The van der Waals surface area contributed by atoms with Crippen molar-refractivity contribution < 1.29 is 9.72 Å². The van der Waals surface area contributed by atoms with Crippen molar-refractivity contribution in [3.8, 4) is 0 Å². The van der Waals surface area contributed by atoms with Gasteiger partial charge in [-0.3, -0.25) is 14.9 Å². The van der Waals surface area contributed by atoms with Gasteiger partial charge in [0.15, 0.2) is 0 Å². The molecule has 0 atom stereocenters. The number of halogens is 1. The first-order chi connectivity index (χ1) is 9.97. The fourth-order valence-corrected chi connectivity index (χ4v) is 2.23. The van der Waals surface area contributed by atoms with Gasteiger partial charge in [0, 0.05) is 33.9 Å². The zero-order valence-electron chi connectivity index (χ0n) is 10.9. The van der Waals surface area contributed by atoms with E-state index in [0.29, 0.717) is 5.56 Å². The number of rotatable bonds is 5. The Morgan fingerprint density at radius 1 is 1.29 bits per heavy atom. The third-order valence-corrected chi connectivity index (χ3v) is 3.37. The first-order valence-electron chi connectivity index (χ1n) is 6.04. The van der Waals surface area contributed by atoms with Crippen LogP contribution < -0.4 is 11.1 Å². The predicted molar refractivity (Wildman–Crippen MR) is 83.1 cm³/mol. The van der Waals surface area contributed by atoms with E-state index in [9.17, 15) is 14.9 Å². The molecule has 0 saturated heterocycles. The molecule has 0 radical (unpaired) electrons. The number of benzene rings is 2. The Morgan fingerprint density at radius 2 is 2.05 bits per heavy atom. The van der Waals surface area contributed by atoms with E-state index in [-0.39, 0.29) is 17.8 Å². The van der Waals surface area contributed by atoms with Gasteiger partial charge in [-0.2, -0.15) is 0 Å². The lowest BCUT2D eigenvalue weighted by molar-refractivity contribution is -0.385. The summed E-state index contributed by atoms with van der Waals surface area (Å²) in [6, 6.07) is 11.7. The standard InChI is InChI=1S/C14H12BrN3O3/c15-11-2-1-3-12(7-11)17-8-10-5-4-9(14(16)19)6-13(10)18(20)21/h1-7,17H,8H2,(H2,16,19). The van der Waals surface area contributed by atoms with E-state index in [2.05, 4.69) is 21.2 Å². The second-order valence-electron chi connectivity index (χ2n) is 4.33. The Kier molecular flexibility index (Phi) is 4.54. The molecule has 2 aromatic carbocycles. The average Bonchev–Trinajstić information content (AvgIpc) is 2.44. The number of anilines is 1. The van der Waals surface area contributed by atoms with Crippen LogP contribution in [0.25, 0.3) is 0 Å². The van der Waals surface area contributed by atoms with E-state index in [1.165, 1.54) is 18.2 Å². The maximum absolute atomic E-state index is 11.1. The minimum atomic E-state index is -0.690. The molecule has 0 aliphatic carbocycles. The number of nitrogens with zero attached hydrogens (tertiary/aromatic N) is 1. The number of nitro benzene ring substituents is 1. The molecule has 0 aromatic heterocycles. The van der Waals surface area contributed by atoms with Crippen molar-refractivity contribution in [2.75, 3.05) is 5.32 Å². The van der Waals surface area contributed by atoms with Crippen molar-refractivity contribution in [2.45, 2.75) is 6.54 Å². The van der Waals surface area contributed by atoms with Crippen LogP contribution in [0.2, 0.25) is 0 Å². The van der Waals surface area contributed by atoms with Crippen LogP contribution in [0, 0.1) is 10.1 Å². The Bertz CT molecular complexity index is 704. The molecule has 0 fully saturated rings. The van der Waals surface area contributed by atoms with Gasteiger partial charge in [-0.1, -0.05) is 22.0 Å². The van der Waals surface area contributed by atoms with Gasteiger partial charge in [0.2, 0.25) is 5.91 Å². The van der Waals surface area contributed by atoms with Crippen molar-refractivity contribution in [1.29, 1.82) is 0 Å². The summed E-state index contributed by atoms with van der Waals surface area (Å²) in [7, 11) is 0. The number of primary amides is 1. The molecular formula is C14H12BrN3O3. The van der Waals surface area contributed by atoms with E-state index in [1.54, 1.807) is 0 Å². The molecule has 0 saturated carbocycles. The Balaban J connectivity index is 2.23. The van der Waals surface area contributed by atoms with E-state index >= 15 is 0 Å². The molecule has 21 heavy (non-hydrogen) atoms. The number of amides is 1. The number of nitrogens with one attached hydrogen (secondary N) is 1. The fourth-order valence-electron chi connectivity index (χ4n) is 1.83. The summed E-state index contributed by atoms with van der Waals surface area (Å²) in [5, 5.41) is 14.2. The van der Waals surface area contributed by atoms with E-state index < -0.39 is 10.8 Å². The van der Waals surface area contributed by atoms with Crippen LogP contribution in [0.4, 0.5) is 11.4 Å². The van der Waals surface area contributed by atoms with Crippen LogP contribution in [0.3, 0.4) is 0 Å². The summed E-state index contributed by atoms with van der Waals surface area (Å²) in [6.45, 7) is 0.270. The van der Waals surface area contributed by atoms with Crippen LogP contribution >= 0.6 is 15.9 Å². The number of hydrogen-bond donors (Lipinski definition) is 2. The number of nitro groups is 1. The highest BCUT2D eigenvalue weighted by Crippen LogP contribution is 2.22. The molecule has 0 unspecified atom stereocenters. The molecule has 6 nitrogen and oxygen atoms in total. The van der Waals surface area contributed by atoms with Crippen LogP contribution in [0.15, 0.2) is 46.9 Å². The number of carbonyl (C=O) groups excluding carboxylic acids is 1. The van der Waals surface area contributed by atoms with E-state index in [0.717, 1.165) is 10.2 Å². The third kappa shape index (κ3) is 3.79. The molecule has 1 amide bonds. The van der Waals surface area contributed by atoms with Gasteiger partial charge in [0.1, 0.15) is 0 Å². The van der Waals surface area contributed by atoms with Crippen molar-refractivity contribution in [3.05, 3.63) is 68.2 Å².